The molecule has 0 amide bonds. The van der Waals surface area contributed by atoms with E-state index < -0.39 is 5.97 Å². The lowest BCUT2D eigenvalue weighted by Gasteiger charge is -2.07. The molecule has 0 bridgehead atoms. The second kappa shape index (κ2) is 9.29. The molecule has 0 atom stereocenters. The summed E-state index contributed by atoms with van der Waals surface area (Å²) in [5.74, 6) is -0.578. The number of hydrogen-bond donors (Lipinski definition) is 0. The summed E-state index contributed by atoms with van der Waals surface area (Å²) in [5, 5.41) is 9.48. The summed E-state index contributed by atoms with van der Waals surface area (Å²) in [5.41, 5.74) is 3.16. The Hall–Kier alpha value is -3.30. The second-order valence-corrected chi connectivity index (χ2v) is 7.92. The first-order valence-corrected chi connectivity index (χ1v) is 10.8. The number of hydrogen-bond acceptors (Lipinski definition) is 6. The second-order valence-electron chi connectivity index (χ2n) is 7.16. The maximum atomic E-state index is 13.3. The highest BCUT2D eigenvalue weighted by Gasteiger charge is 2.24. The zero-order valence-electron chi connectivity index (χ0n) is 18.0. The summed E-state index contributed by atoms with van der Waals surface area (Å²) in [6.07, 6.45) is 1.66. The fourth-order valence-electron chi connectivity index (χ4n) is 3.41. The van der Waals surface area contributed by atoms with Gasteiger partial charge in [0, 0.05) is 25.1 Å². The van der Waals surface area contributed by atoms with Gasteiger partial charge in [-0.1, -0.05) is 23.2 Å². The first kappa shape index (κ1) is 22.9. The van der Waals surface area contributed by atoms with Crippen molar-refractivity contribution in [2.24, 2.45) is 7.05 Å². The van der Waals surface area contributed by atoms with Gasteiger partial charge in [0.1, 0.15) is 12.1 Å². The zero-order chi connectivity index (χ0) is 23.7. The third-order valence-corrected chi connectivity index (χ3v) is 5.75. The standard InChI is InChI=1S/C22H19Cl2FN6O2/c1-4-33-22(32)21-18(23)12(2)28-31(21)17-10-15(26-11-27-17)9-16-19(24)20(30(3)29-16)13-5-7-14(25)8-6-13/h5-8,10-11H,4,9H2,1-3H3. The smallest absolute Gasteiger partial charge is 0.358 e. The molecule has 33 heavy (non-hydrogen) atoms. The average Bonchev–Trinajstić information content (AvgIpc) is 3.24. The number of rotatable bonds is 6. The van der Waals surface area contributed by atoms with Crippen molar-refractivity contribution in [2.45, 2.75) is 20.3 Å². The quantitative estimate of drug-likeness (QED) is 0.369. The van der Waals surface area contributed by atoms with E-state index in [2.05, 4.69) is 20.2 Å². The number of carbonyl (C=O) groups is 1. The van der Waals surface area contributed by atoms with E-state index in [1.165, 1.54) is 23.1 Å². The molecule has 0 fully saturated rings. The van der Waals surface area contributed by atoms with Crippen molar-refractivity contribution >= 4 is 29.2 Å². The van der Waals surface area contributed by atoms with Crippen LogP contribution in [0.3, 0.4) is 0 Å². The summed E-state index contributed by atoms with van der Waals surface area (Å²) < 4.78 is 21.4. The van der Waals surface area contributed by atoms with Gasteiger partial charge < -0.3 is 4.74 Å². The van der Waals surface area contributed by atoms with E-state index in [1.807, 2.05) is 0 Å². The molecule has 0 spiro atoms. The Morgan fingerprint density at radius 3 is 2.55 bits per heavy atom. The van der Waals surface area contributed by atoms with Crippen LogP contribution in [-0.2, 0) is 18.2 Å². The number of ether oxygens (including phenoxy) is 1. The Balaban J connectivity index is 1.69. The minimum Gasteiger partial charge on any atom is -0.461 e. The van der Waals surface area contributed by atoms with Crippen LogP contribution in [0.25, 0.3) is 17.1 Å². The topological polar surface area (TPSA) is 87.7 Å². The first-order valence-electron chi connectivity index (χ1n) is 10.0. The van der Waals surface area contributed by atoms with Gasteiger partial charge in [-0.2, -0.15) is 10.2 Å². The molecule has 0 unspecified atom stereocenters. The number of aryl methyl sites for hydroxylation is 2. The Bertz CT molecular complexity index is 1330. The highest BCUT2D eigenvalue weighted by molar-refractivity contribution is 6.34. The van der Waals surface area contributed by atoms with Crippen molar-refractivity contribution in [2.75, 3.05) is 6.61 Å². The van der Waals surface area contributed by atoms with E-state index in [1.54, 1.807) is 43.8 Å². The molecule has 0 radical (unpaired) electrons. The maximum absolute atomic E-state index is 13.3. The summed E-state index contributed by atoms with van der Waals surface area (Å²) in [7, 11) is 1.76. The average molecular weight is 489 g/mol. The molecular formula is C22H19Cl2FN6O2. The van der Waals surface area contributed by atoms with Gasteiger partial charge in [-0.15, -0.1) is 0 Å². The highest BCUT2D eigenvalue weighted by atomic mass is 35.5. The fourth-order valence-corrected chi connectivity index (χ4v) is 3.94. The molecule has 3 heterocycles. The molecule has 3 aromatic heterocycles. The number of nitrogens with zero attached hydrogens (tertiary/aromatic N) is 6. The van der Waals surface area contributed by atoms with Gasteiger partial charge in [0.2, 0.25) is 0 Å². The molecule has 0 aliphatic rings. The third-order valence-electron chi connectivity index (χ3n) is 4.90. The molecule has 170 valence electrons. The van der Waals surface area contributed by atoms with Gasteiger partial charge in [0.05, 0.1) is 39.4 Å². The van der Waals surface area contributed by atoms with Crippen LogP contribution < -0.4 is 0 Å². The largest absolute Gasteiger partial charge is 0.461 e. The van der Waals surface area contributed by atoms with Crippen molar-refractivity contribution < 1.29 is 13.9 Å². The van der Waals surface area contributed by atoms with Gasteiger partial charge in [0.25, 0.3) is 0 Å². The van der Waals surface area contributed by atoms with E-state index in [0.29, 0.717) is 40.0 Å². The third kappa shape index (κ3) is 4.46. The lowest BCUT2D eigenvalue weighted by molar-refractivity contribution is 0.0515. The van der Waals surface area contributed by atoms with Crippen LogP contribution >= 0.6 is 23.2 Å². The van der Waals surface area contributed by atoms with Gasteiger partial charge in [-0.3, -0.25) is 4.68 Å². The van der Waals surface area contributed by atoms with E-state index in [9.17, 15) is 9.18 Å². The predicted octanol–water partition coefficient (Wildman–Crippen LogP) is 4.58. The van der Waals surface area contributed by atoms with Crippen LogP contribution in [0, 0.1) is 12.7 Å². The molecule has 0 N–H and O–H groups in total. The van der Waals surface area contributed by atoms with Gasteiger partial charge >= 0.3 is 5.97 Å². The Morgan fingerprint density at radius 2 is 1.85 bits per heavy atom. The molecule has 0 saturated carbocycles. The summed E-state index contributed by atoms with van der Waals surface area (Å²) >= 11 is 12.9. The van der Waals surface area contributed by atoms with Crippen molar-refractivity contribution in [3.8, 4) is 17.1 Å². The fraction of sp³-hybridized carbons (Fsp3) is 0.227. The number of carbonyl (C=O) groups excluding carboxylic acids is 1. The number of aromatic nitrogens is 6. The summed E-state index contributed by atoms with van der Waals surface area (Å²) in [6, 6.07) is 7.70. The highest BCUT2D eigenvalue weighted by Crippen LogP contribution is 2.31. The lowest BCUT2D eigenvalue weighted by Crippen LogP contribution is -2.14. The number of halogens is 3. The Morgan fingerprint density at radius 1 is 1.12 bits per heavy atom. The van der Waals surface area contributed by atoms with Gasteiger partial charge in [0.15, 0.2) is 11.5 Å². The molecule has 4 rings (SSSR count). The van der Waals surface area contributed by atoms with Crippen LogP contribution in [0.5, 0.6) is 0 Å². The number of benzene rings is 1. The van der Waals surface area contributed by atoms with Crippen LogP contribution in [0.2, 0.25) is 10.0 Å². The van der Waals surface area contributed by atoms with Crippen LogP contribution in [0.15, 0.2) is 36.7 Å². The molecule has 8 nitrogen and oxygen atoms in total. The predicted molar refractivity (Wildman–Crippen MR) is 121 cm³/mol. The van der Waals surface area contributed by atoms with Crippen molar-refractivity contribution in [1.29, 1.82) is 0 Å². The summed E-state index contributed by atoms with van der Waals surface area (Å²) in [4.78, 5) is 21.0. The van der Waals surface area contributed by atoms with Crippen LogP contribution in [-0.4, -0.2) is 42.1 Å². The number of esters is 1. The summed E-state index contributed by atoms with van der Waals surface area (Å²) in [6.45, 7) is 3.59. The van der Waals surface area contributed by atoms with Crippen molar-refractivity contribution in [3.05, 3.63) is 75.3 Å². The van der Waals surface area contributed by atoms with Crippen molar-refractivity contribution in [1.82, 2.24) is 29.5 Å². The Kier molecular flexibility index (Phi) is 6.44. The van der Waals surface area contributed by atoms with E-state index in [4.69, 9.17) is 27.9 Å². The lowest BCUT2D eigenvalue weighted by atomic mass is 10.1. The van der Waals surface area contributed by atoms with Crippen LogP contribution in [0.1, 0.15) is 34.5 Å². The van der Waals surface area contributed by atoms with Crippen molar-refractivity contribution in [3.63, 3.8) is 0 Å². The molecule has 4 aromatic rings. The Labute approximate surface area is 198 Å². The van der Waals surface area contributed by atoms with Crippen LogP contribution in [0.4, 0.5) is 4.39 Å². The monoisotopic (exact) mass is 488 g/mol. The molecule has 0 saturated heterocycles. The molecule has 11 heteroatoms. The van der Waals surface area contributed by atoms with Gasteiger partial charge in [-0.25, -0.2) is 23.8 Å². The minimum atomic E-state index is -0.597. The SMILES string of the molecule is CCOC(=O)c1c(Cl)c(C)nn1-c1cc(Cc2nn(C)c(-c3ccc(F)cc3)c2Cl)ncn1. The van der Waals surface area contributed by atoms with E-state index in [0.717, 1.165) is 5.56 Å². The zero-order valence-corrected chi connectivity index (χ0v) is 19.5. The maximum Gasteiger partial charge on any atom is 0.358 e. The molecule has 0 aliphatic heterocycles. The van der Waals surface area contributed by atoms with E-state index >= 15 is 0 Å². The molecule has 1 aromatic carbocycles. The first-order chi connectivity index (χ1) is 15.8. The normalized spacial score (nSPS) is 11.1. The van der Waals surface area contributed by atoms with Gasteiger partial charge in [-0.05, 0) is 38.1 Å². The molecule has 0 aliphatic carbocycles. The molecular weight excluding hydrogens is 470 g/mol. The van der Waals surface area contributed by atoms with E-state index in [-0.39, 0.29) is 23.1 Å². The minimum absolute atomic E-state index is 0.0927.